The second kappa shape index (κ2) is 5.04. The van der Waals surface area contributed by atoms with Gasteiger partial charge in [0.15, 0.2) is 0 Å². The molecule has 0 saturated heterocycles. The summed E-state index contributed by atoms with van der Waals surface area (Å²) in [6.45, 7) is 4.14. The zero-order valence-electron chi connectivity index (χ0n) is 9.88. The lowest BCUT2D eigenvalue weighted by molar-refractivity contribution is -0.384. The van der Waals surface area contributed by atoms with Crippen LogP contribution in [0.2, 0.25) is 5.02 Å². The number of nitro benzene ring substituents is 1. The van der Waals surface area contributed by atoms with Crippen LogP contribution in [0.15, 0.2) is 23.6 Å². The summed E-state index contributed by atoms with van der Waals surface area (Å²) in [5, 5.41) is 13.9. The van der Waals surface area contributed by atoms with Crippen LogP contribution in [0.1, 0.15) is 24.8 Å². The van der Waals surface area contributed by atoms with Crippen LogP contribution in [0.5, 0.6) is 0 Å². The van der Waals surface area contributed by atoms with E-state index in [1.807, 2.05) is 5.38 Å². The monoisotopic (exact) mass is 282 g/mol. The summed E-state index contributed by atoms with van der Waals surface area (Å²) in [6, 6.07) is 4.43. The molecule has 0 aliphatic heterocycles. The maximum Gasteiger partial charge on any atom is 0.270 e. The van der Waals surface area contributed by atoms with Gasteiger partial charge in [0.05, 0.1) is 20.6 Å². The van der Waals surface area contributed by atoms with Gasteiger partial charge in [-0.15, -0.1) is 11.3 Å². The molecule has 94 valence electrons. The number of non-ortho nitro benzene ring substituents is 1. The quantitative estimate of drug-likeness (QED) is 0.615. The van der Waals surface area contributed by atoms with E-state index in [0.717, 1.165) is 16.3 Å². The van der Waals surface area contributed by atoms with E-state index in [-0.39, 0.29) is 5.69 Å². The van der Waals surface area contributed by atoms with Crippen molar-refractivity contribution in [3.8, 4) is 11.3 Å². The molecule has 0 radical (unpaired) electrons. The normalized spacial score (nSPS) is 10.9. The smallest absolute Gasteiger partial charge is 0.258 e. The minimum atomic E-state index is -0.462. The first-order valence-electron chi connectivity index (χ1n) is 5.38. The van der Waals surface area contributed by atoms with Crippen molar-refractivity contribution in [1.29, 1.82) is 0 Å². The fourth-order valence-corrected chi connectivity index (χ4v) is 2.61. The van der Waals surface area contributed by atoms with Gasteiger partial charge >= 0.3 is 0 Å². The summed E-state index contributed by atoms with van der Waals surface area (Å²) in [5.74, 6) is 0.362. The molecule has 0 bridgehead atoms. The fourth-order valence-electron chi connectivity index (χ4n) is 1.50. The molecule has 0 aliphatic carbocycles. The topological polar surface area (TPSA) is 56.0 Å². The minimum Gasteiger partial charge on any atom is -0.258 e. The highest BCUT2D eigenvalue weighted by molar-refractivity contribution is 7.10. The number of hydrogen-bond donors (Lipinski definition) is 0. The Morgan fingerprint density at radius 3 is 2.67 bits per heavy atom. The van der Waals surface area contributed by atoms with Crippen molar-refractivity contribution >= 4 is 28.6 Å². The van der Waals surface area contributed by atoms with E-state index in [0.29, 0.717) is 10.9 Å². The summed E-state index contributed by atoms with van der Waals surface area (Å²) >= 11 is 7.63. The molecule has 1 aromatic carbocycles. The average Bonchev–Trinajstić information content (AvgIpc) is 2.78. The number of rotatable bonds is 3. The Labute approximate surface area is 113 Å². The van der Waals surface area contributed by atoms with E-state index in [1.165, 1.54) is 12.1 Å². The van der Waals surface area contributed by atoms with Crippen LogP contribution in [0.4, 0.5) is 5.69 Å². The third-order valence-corrected chi connectivity index (χ3v) is 3.91. The lowest BCUT2D eigenvalue weighted by atomic mass is 10.1. The molecule has 0 unspecified atom stereocenters. The molecule has 0 aliphatic rings. The molecule has 2 aromatic rings. The Balaban J connectivity index is 2.41. The zero-order valence-corrected chi connectivity index (χ0v) is 11.5. The number of nitrogens with zero attached hydrogens (tertiary/aromatic N) is 2. The van der Waals surface area contributed by atoms with Crippen LogP contribution >= 0.6 is 22.9 Å². The lowest BCUT2D eigenvalue weighted by Gasteiger charge is -2.01. The minimum absolute atomic E-state index is 0.0111. The standard InChI is InChI=1S/C12H11ClN2O2S/c1-7(2)12-14-11(6-18-12)9-4-3-8(15(16)17)5-10(9)13/h3-7H,1-2H3. The number of benzene rings is 1. The number of nitro groups is 1. The molecule has 1 heterocycles. The van der Waals surface area contributed by atoms with E-state index < -0.39 is 4.92 Å². The molecule has 18 heavy (non-hydrogen) atoms. The van der Waals surface area contributed by atoms with Gasteiger partial charge in [0, 0.05) is 29.0 Å². The van der Waals surface area contributed by atoms with Gasteiger partial charge in [0.1, 0.15) is 0 Å². The second-order valence-corrected chi connectivity index (χ2v) is 5.44. The van der Waals surface area contributed by atoms with E-state index >= 15 is 0 Å². The number of halogens is 1. The number of thiazole rings is 1. The SMILES string of the molecule is CC(C)c1nc(-c2ccc([N+](=O)[O-])cc2Cl)cs1. The van der Waals surface area contributed by atoms with Gasteiger partial charge in [-0.2, -0.15) is 0 Å². The van der Waals surface area contributed by atoms with Gasteiger partial charge in [-0.05, 0) is 6.07 Å². The molecule has 1 aromatic heterocycles. The summed E-state index contributed by atoms with van der Waals surface area (Å²) in [5.41, 5.74) is 1.48. The van der Waals surface area contributed by atoms with Crippen molar-refractivity contribution < 1.29 is 4.92 Å². The summed E-state index contributed by atoms with van der Waals surface area (Å²) in [7, 11) is 0. The zero-order chi connectivity index (χ0) is 13.3. The molecule has 6 heteroatoms. The predicted octanol–water partition coefficient (Wildman–Crippen LogP) is 4.50. The Morgan fingerprint density at radius 2 is 2.17 bits per heavy atom. The number of aromatic nitrogens is 1. The lowest BCUT2D eigenvalue weighted by Crippen LogP contribution is -1.89. The second-order valence-electron chi connectivity index (χ2n) is 4.15. The van der Waals surface area contributed by atoms with Crippen molar-refractivity contribution in [2.45, 2.75) is 19.8 Å². The van der Waals surface area contributed by atoms with Crippen LogP contribution < -0.4 is 0 Å². The fraction of sp³-hybridized carbons (Fsp3) is 0.250. The summed E-state index contributed by atoms with van der Waals surface area (Å²) in [6.07, 6.45) is 0. The molecule has 2 rings (SSSR count). The van der Waals surface area contributed by atoms with E-state index in [2.05, 4.69) is 18.8 Å². The maximum absolute atomic E-state index is 10.6. The summed E-state index contributed by atoms with van der Waals surface area (Å²) in [4.78, 5) is 14.6. The molecule has 0 atom stereocenters. The van der Waals surface area contributed by atoms with Crippen LogP contribution in [-0.4, -0.2) is 9.91 Å². The molecule has 0 amide bonds. The van der Waals surface area contributed by atoms with Crippen molar-refractivity contribution in [2.75, 3.05) is 0 Å². The van der Waals surface area contributed by atoms with Crippen LogP contribution in [0.25, 0.3) is 11.3 Å². The Kier molecular flexibility index (Phi) is 3.63. The van der Waals surface area contributed by atoms with E-state index in [9.17, 15) is 10.1 Å². The van der Waals surface area contributed by atoms with Gasteiger partial charge in [-0.25, -0.2) is 4.98 Å². The molecule has 0 N–H and O–H groups in total. The molecule has 0 spiro atoms. The first-order chi connectivity index (χ1) is 8.49. The van der Waals surface area contributed by atoms with Gasteiger partial charge < -0.3 is 0 Å². The molecule has 0 fully saturated rings. The Morgan fingerprint density at radius 1 is 1.44 bits per heavy atom. The average molecular weight is 283 g/mol. The Bertz CT molecular complexity index is 596. The third kappa shape index (κ3) is 2.52. The van der Waals surface area contributed by atoms with Crippen molar-refractivity contribution in [2.24, 2.45) is 0 Å². The van der Waals surface area contributed by atoms with Crippen LogP contribution in [0.3, 0.4) is 0 Å². The van der Waals surface area contributed by atoms with Crippen LogP contribution in [-0.2, 0) is 0 Å². The van der Waals surface area contributed by atoms with Gasteiger partial charge in [-0.1, -0.05) is 25.4 Å². The summed E-state index contributed by atoms with van der Waals surface area (Å²) < 4.78 is 0. The molecular weight excluding hydrogens is 272 g/mol. The van der Waals surface area contributed by atoms with Crippen molar-refractivity contribution in [3.05, 3.63) is 43.7 Å². The van der Waals surface area contributed by atoms with Gasteiger partial charge in [0.2, 0.25) is 0 Å². The first kappa shape index (κ1) is 13.0. The van der Waals surface area contributed by atoms with Crippen molar-refractivity contribution in [3.63, 3.8) is 0 Å². The predicted molar refractivity (Wildman–Crippen MR) is 73.3 cm³/mol. The van der Waals surface area contributed by atoms with E-state index in [1.54, 1.807) is 17.4 Å². The highest BCUT2D eigenvalue weighted by Gasteiger charge is 2.13. The molecule has 0 saturated carbocycles. The number of hydrogen-bond acceptors (Lipinski definition) is 4. The highest BCUT2D eigenvalue weighted by atomic mass is 35.5. The first-order valence-corrected chi connectivity index (χ1v) is 6.64. The van der Waals surface area contributed by atoms with E-state index in [4.69, 9.17) is 11.6 Å². The highest BCUT2D eigenvalue weighted by Crippen LogP contribution is 2.33. The Hall–Kier alpha value is -1.46. The third-order valence-electron chi connectivity index (χ3n) is 2.46. The van der Waals surface area contributed by atoms with Gasteiger partial charge in [-0.3, -0.25) is 10.1 Å². The maximum atomic E-state index is 10.6. The largest absolute Gasteiger partial charge is 0.270 e. The van der Waals surface area contributed by atoms with Gasteiger partial charge in [0.25, 0.3) is 5.69 Å². The van der Waals surface area contributed by atoms with Crippen LogP contribution in [0, 0.1) is 10.1 Å². The van der Waals surface area contributed by atoms with Crippen molar-refractivity contribution in [1.82, 2.24) is 4.98 Å². The molecule has 4 nitrogen and oxygen atoms in total. The molecular formula is C12H11ClN2O2S.